The Hall–Kier alpha value is -2.10. The van der Waals surface area contributed by atoms with Gasteiger partial charge >= 0.3 is 0 Å². The van der Waals surface area contributed by atoms with Crippen LogP contribution in [0.3, 0.4) is 0 Å². The summed E-state index contributed by atoms with van der Waals surface area (Å²) in [6.07, 6.45) is 3.97. The fraction of sp³-hybridized carbons (Fsp3) is 0.167. The second-order valence-corrected chi connectivity index (χ2v) is 3.16. The van der Waals surface area contributed by atoms with E-state index in [-0.39, 0.29) is 0 Å². The first-order chi connectivity index (χ1) is 7.83. The summed E-state index contributed by atoms with van der Waals surface area (Å²) in [4.78, 5) is 14.5. The zero-order valence-corrected chi connectivity index (χ0v) is 8.84. The highest BCUT2D eigenvalue weighted by Crippen LogP contribution is 2.24. The van der Waals surface area contributed by atoms with E-state index in [4.69, 9.17) is 9.15 Å². The molecule has 0 bridgehead atoms. The van der Waals surface area contributed by atoms with Crippen LogP contribution in [0.1, 0.15) is 17.5 Å². The number of rotatable bonds is 4. The number of carbonyl (C=O) groups excluding carboxylic acids is 1. The van der Waals surface area contributed by atoms with Crippen LogP contribution in [0.4, 0.5) is 0 Å². The molecule has 0 saturated carbocycles. The molecule has 0 N–H and O–H groups in total. The minimum absolute atomic E-state index is 0.303. The van der Waals surface area contributed by atoms with Gasteiger partial charge in [0, 0.05) is 11.8 Å². The second-order valence-electron chi connectivity index (χ2n) is 3.16. The minimum atomic E-state index is 0.303. The summed E-state index contributed by atoms with van der Waals surface area (Å²) in [5, 5.41) is 0. The lowest BCUT2D eigenvalue weighted by molar-refractivity contribution is 0.110. The first-order valence-corrected chi connectivity index (χ1v) is 4.96. The monoisotopic (exact) mass is 217 g/mol. The predicted molar refractivity (Wildman–Crippen MR) is 58.5 cm³/mol. The van der Waals surface area contributed by atoms with E-state index < -0.39 is 0 Å². The van der Waals surface area contributed by atoms with E-state index in [0.717, 1.165) is 5.56 Å². The Morgan fingerprint density at radius 1 is 1.44 bits per heavy atom. The number of carbonyl (C=O) groups is 1. The molecule has 0 aliphatic rings. The van der Waals surface area contributed by atoms with E-state index in [9.17, 15) is 4.79 Å². The fourth-order valence-electron chi connectivity index (χ4n) is 1.37. The minimum Gasteiger partial charge on any atom is -0.492 e. The van der Waals surface area contributed by atoms with Gasteiger partial charge in [-0.05, 0) is 25.1 Å². The van der Waals surface area contributed by atoms with Gasteiger partial charge < -0.3 is 9.15 Å². The molecule has 0 amide bonds. The van der Waals surface area contributed by atoms with E-state index in [2.05, 4.69) is 4.98 Å². The third-order valence-electron chi connectivity index (χ3n) is 2.05. The molecule has 0 aliphatic carbocycles. The molecule has 0 saturated heterocycles. The summed E-state index contributed by atoms with van der Waals surface area (Å²) in [7, 11) is 0. The number of hydrogen-bond donors (Lipinski definition) is 0. The lowest BCUT2D eigenvalue weighted by Gasteiger charge is -2.03. The van der Waals surface area contributed by atoms with E-state index >= 15 is 0 Å². The van der Waals surface area contributed by atoms with Crippen molar-refractivity contribution in [2.75, 3.05) is 6.61 Å². The van der Waals surface area contributed by atoms with Gasteiger partial charge in [0.15, 0.2) is 12.0 Å². The van der Waals surface area contributed by atoms with Crippen LogP contribution < -0.4 is 4.74 Å². The number of ether oxygens (including phenoxy) is 1. The molecule has 2 aromatic heterocycles. The van der Waals surface area contributed by atoms with Gasteiger partial charge in [0.2, 0.25) is 0 Å². The number of hydrogen-bond acceptors (Lipinski definition) is 4. The average Bonchev–Trinajstić information content (AvgIpc) is 2.78. The summed E-state index contributed by atoms with van der Waals surface area (Å²) in [6.45, 7) is 2.49. The average molecular weight is 217 g/mol. The molecule has 2 rings (SSSR count). The van der Waals surface area contributed by atoms with Crippen molar-refractivity contribution >= 4 is 6.29 Å². The Bertz CT molecular complexity index is 491. The summed E-state index contributed by atoms with van der Waals surface area (Å²) in [5.74, 6) is 1.59. The van der Waals surface area contributed by atoms with Crippen molar-refractivity contribution in [1.82, 2.24) is 4.98 Å². The van der Waals surface area contributed by atoms with Crippen molar-refractivity contribution in [3.8, 4) is 17.1 Å². The van der Waals surface area contributed by atoms with Crippen molar-refractivity contribution in [2.45, 2.75) is 6.92 Å². The molecule has 0 fully saturated rings. The van der Waals surface area contributed by atoms with Crippen LogP contribution in [0, 0.1) is 0 Å². The lowest BCUT2D eigenvalue weighted by atomic mass is 10.2. The first-order valence-electron chi connectivity index (χ1n) is 4.96. The molecule has 4 nitrogen and oxygen atoms in total. The van der Waals surface area contributed by atoms with Crippen molar-refractivity contribution < 1.29 is 13.9 Å². The fourth-order valence-corrected chi connectivity index (χ4v) is 1.37. The van der Waals surface area contributed by atoms with Gasteiger partial charge in [-0.1, -0.05) is 0 Å². The van der Waals surface area contributed by atoms with Crippen LogP contribution in [-0.4, -0.2) is 17.9 Å². The maximum Gasteiger partial charge on any atom is 0.185 e. The standard InChI is InChI=1S/C12H11NO3/c1-2-15-11-5-9(6-13-7-11)12-4-3-10(8-14)16-12/h3-8H,2H2,1H3. The van der Waals surface area contributed by atoms with Crippen LogP contribution in [0.25, 0.3) is 11.3 Å². The SMILES string of the molecule is CCOc1cncc(-c2ccc(C=O)o2)c1. The molecule has 0 radical (unpaired) electrons. The van der Waals surface area contributed by atoms with Gasteiger partial charge in [0.25, 0.3) is 0 Å². The lowest BCUT2D eigenvalue weighted by Crippen LogP contribution is -1.92. The van der Waals surface area contributed by atoms with E-state index in [0.29, 0.717) is 30.2 Å². The molecule has 0 aromatic carbocycles. The zero-order chi connectivity index (χ0) is 11.4. The molecule has 0 spiro atoms. The maximum absolute atomic E-state index is 10.5. The van der Waals surface area contributed by atoms with E-state index in [1.54, 1.807) is 24.5 Å². The van der Waals surface area contributed by atoms with Crippen LogP contribution in [0.5, 0.6) is 5.75 Å². The summed E-state index contributed by atoms with van der Waals surface area (Å²) in [5.41, 5.74) is 0.791. The number of pyridine rings is 1. The second kappa shape index (κ2) is 4.61. The Morgan fingerprint density at radius 2 is 2.31 bits per heavy atom. The molecule has 0 aliphatic heterocycles. The molecule has 2 heterocycles. The van der Waals surface area contributed by atoms with Crippen molar-refractivity contribution in [1.29, 1.82) is 0 Å². The van der Waals surface area contributed by atoms with Gasteiger partial charge in [-0.2, -0.15) is 0 Å². The molecule has 0 unspecified atom stereocenters. The van der Waals surface area contributed by atoms with Crippen LogP contribution >= 0.6 is 0 Å². The van der Waals surface area contributed by atoms with Gasteiger partial charge in [0.1, 0.15) is 11.5 Å². The molecular formula is C12H11NO3. The third-order valence-corrected chi connectivity index (χ3v) is 2.05. The molecule has 16 heavy (non-hydrogen) atoms. The highest BCUT2D eigenvalue weighted by Gasteiger charge is 2.05. The van der Waals surface area contributed by atoms with Crippen molar-refractivity contribution in [3.05, 3.63) is 36.4 Å². The maximum atomic E-state index is 10.5. The highest BCUT2D eigenvalue weighted by molar-refractivity contribution is 5.72. The van der Waals surface area contributed by atoms with E-state index in [1.807, 2.05) is 13.0 Å². The first kappa shape index (κ1) is 10.4. The van der Waals surface area contributed by atoms with Crippen LogP contribution in [-0.2, 0) is 0 Å². The van der Waals surface area contributed by atoms with Crippen LogP contribution in [0.15, 0.2) is 35.0 Å². The molecule has 2 aromatic rings. The Labute approximate surface area is 92.9 Å². The van der Waals surface area contributed by atoms with Gasteiger partial charge in [-0.25, -0.2) is 0 Å². The third kappa shape index (κ3) is 2.11. The van der Waals surface area contributed by atoms with Gasteiger partial charge in [-0.3, -0.25) is 9.78 Å². The zero-order valence-electron chi connectivity index (χ0n) is 8.84. The van der Waals surface area contributed by atoms with Gasteiger partial charge in [0.05, 0.1) is 12.8 Å². The summed E-state index contributed by atoms with van der Waals surface area (Å²) < 4.78 is 10.6. The molecule has 0 atom stereocenters. The number of furan rings is 1. The largest absolute Gasteiger partial charge is 0.492 e. The normalized spacial score (nSPS) is 10.1. The molecular weight excluding hydrogens is 206 g/mol. The summed E-state index contributed by atoms with van der Waals surface area (Å²) >= 11 is 0. The predicted octanol–water partition coefficient (Wildman–Crippen LogP) is 2.55. The quantitative estimate of drug-likeness (QED) is 0.738. The smallest absolute Gasteiger partial charge is 0.185 e. The number of nitrogens with zero attached hydrogens (tertiary/aromatic N) is 1. The van der Waals surface area contributed by atoms with Gasteiger partial charge in [-0.15, -0.1) is 0 Å². The molecule has 82 valence electrons. The van der Waals surface area contributed by atoms with Crippen molar-refractivity contribution in [3.63, 3.8) is 0 Å². The Morgan fingerprint density at radius 3 is 3.00 bits per heavy atom. The Balaban J connectivity index is 2.32. The Kier molecular flexibility index (Phi) is 3.00. The van der Waals surface area contributed by atoms with Crippen LogP contribution in [0.2, 0.25) is 0 Å². The van der Waals surface area contributed by atoms with Crippen molar-refractivity contribution in [2.24, 2.45) is 0 Å². The molecule has 4 heteroatoms. The number of aromatic nitrogens is 1. The van der Waals surface area contributed by atoms with E-state index in [1.165, 1.54) is 0 Å². The highest BCUT2D eigenvalue weighted by atomic mass is 16.5. The summed E-state index contributed by atoms with van der Waals surface area (Å²) in [6, 6.07) is 5.18. The topological polar surface area (TPSA) is 52.3 Å². The number of aldehydes is 1.